The van der Waals surface area contributed by atoms with Crippen LogP contribution in [0, 0.1) is 17.0 Å². The maximum atomic E-state index is 10.9. The van der Waals surface area contributed by atoms with Crippen molar-refractivity contribution in [2.45, 2.75) is 13.5 Å². The number of nitrogens with zero attached hydrogens (tertiary/aromatic N) is 3. The van der Waals surface area contributed by atoms with E-state index in [0.29, 0.717) is 11.5 Å². The first kappa shape index (κ1) is 13.7. The lowest BCUT2D eigenvalue weighted by Crippen LogP contribution is -2.03. The van der Waals surface area contributed by atoms with Crippen molar-refractivity contribution in [2.24, 2.45) is 0 Å². The van der Waals surface area contributed by atoms with Gasteiger partial charge in [-0.3, -0.25) is 15.1 Å². The minimum absolute atomic E-state index is 0.0598. The fourth-order valence-corrected chi connectivity index (χ4v) is 1.60. The molecule has 2 aromatic rings. The molecule has 1 aromatic heterocycles. The van der Waals surface area contributed by atoms with Crippen molar-refractivity contribution < 1.29 is 9.66 Å². The highest BCUT2D eigenvalue weighted by atomic mass is 16.6. The number of ether oxygens (including phenoxy) is 1. The maximum Gasteiger partial charge on any atom is 0.310 e. The van der Waals surface area contributed by atoms with E-state index >= 15 is 0 Å². The quantitative estimate of drug-likeness (QED) is 0.664. The van der Waals surface area contributed by atoms with Gasteiger partial charge < -0.3 is 10.1 Å². The molecule has 0 aliphatic rings. The van der Waals surface area contributed by atoms with Crippen LogP contribution < -0.4 is 10.1 Å². The van der Waals surface area contributed by atoms with Crippen LogP contribution in [0.3, 0.4) is 0 Å². The Kier molecular flexibility index (Phi) is 4.09. The lowest BCUT2D eigenvalue weighted by molar-refractivity contribution is -0.386. The highest BCUT2D eigenvalue weighted by Crippen LogP contribution is 2.28. The smallest absolute Gasteiger partial charge is 0.310 e. The first-order valence-corrected chi connectivity index (χ1v) is 5.96. The van der Waals surface area contributed by atoms with Gasteiger partial charge in [0.25, 0.3) is 0 Å². The van der Waals surface area contributed by atoms with E-state index in [0.717, 1.165) is 5.56 Å². The second kappa shape index (κ2) is 5.96. The number of nitro groups is 1. The van der Waals surface area contributed by atoms with Crippen LogP contribution in [0.1, 0.15) is 11.3 Å². The van der Waals surface area contributed by atoms with Gasteiger partial charge in [-0.05, 0) is 18.6 Å². The molecule has 0 bridgehead atoms. The molecule has 0 aliphatic heterocycles. The van der Waals surface area contributed by atoms with E-state index in [1.165, 1.54) is 6.07 Å². The number of nitrogens with one attached hydrogen (secondary N) is 1. The topological polar surface area (TPSA) is 90.2 Å². The maximum absolute atomic E-state index is 10.9. The molecule has 2 rings (SSSR count). The van der Waals surface area contributed by atoms with Crippen molar-refractivity contribution in [1.29, 1.82) is 0 Å². The molecule has 0 radical (unpaired) electrons. The zero-order valence-corrected chi connectivity index (χ0v) is 11.2. The largest absolute Gasteiger partial charge is 0.480 e. The Morgan fingerprint density at radius 3 is 2.75 bits per heavy atom. The molecular formula is C13H14N4O3. The zero-order chi connectivity index (χ0) is 14.5. The van der Waals surface area contributed by atoms with E-state index in [4.69, 9.17) is 4.74 Å². The summed E-state index contributed by atoms with van der Waals surface area (Å²) < 4.78 is 5.47. The SMILES string of the molecule is CNc1cnc(COc2cc(C)ccc2[N+](=O)[O-])cn1. The lowest BCUT2D eigenvalue weighted by atomic mass is 10.2. The van der Waals surface area contributed by atoms with Crippen LogP contribution >= 0.6 is 0 Å². The molecule has 0 saturated carbocycles. The second-order valence-corrected chi connectivity index (χ2v) is 4.16. The molecule has 7 heteroatoms. The van der Waals surface area contributed by atoms with E-state index in [2.05, 4.69) is 15.3 Å². The van der Waals surface area contributed by atoms with E-state index in [1.807, 2.05) is 6.92 Å². The van der Waals surface area contributed by atoms with Gasteiger partial charge >= 0.3 is 5.69 Å². The number of anilines is 1. The molecule has 7 nitrogen and oxygen atoms in total. The van der Waals surface area contributed by atoms with Crippen molar-refractivity contribution in [1.82, 2.24) is 9.97 Å². The Morgan fingerprint density at radius 2 is 2.15 bits per heavy atom. The number of benzene rings is 1. The van der Waals surface area contributed by atoms with Crippen LogP contribution in [0.4, 0.5) is 11.5 Å². The fourth-order valence-electron chi connectivity index (χ4n) is 1.60. The van der Waals surface area contributed by atoms with Gasteiger partial charge in [0.1, 0.15) is 12.4 Å². The zero-order valence-electron chi connectivity index (χ0n) is 11.2. The van der Waals surface area contributed by atoms with Gasteiger partial charge in [-0.2, -0.15) is 0 Å². The van der Waals surface area contributed by atoms with Crippen molar-refractivity contribution in [3.63, 3.8) is 0 Å². The van der Waals surface area contributed by atoms with Gasteiger partial charge in [0.2, 0.25) is 0 Å². The Balaban J connectivity index is 2.13. The summed E-state index contributed by atoms with van der Waals surface area (Å²) in [5.74, 6) is 0.879. The summed E-state index contributed by atoms with van der Waals surface area (Å²) in [6.07, 6.45) is 3.14. The van der Waals surface area contributed by atoms with E-state index in [9.17, 15) is 10.1 Å². The minimum Gasteiger partial charge on any atom is -0.480 e. The summed E-state index contributed by atoms with van der Waals surface area (Å²) >= 11 is 0. The molecule has 0 atom stereocenters. The highest BCUT2D eigenvalue weighted by Gasteiger charge is 2.15. The van der Waals surface area contributed by atoms with Crippen LogP contribution in [0.5, 0.6) is 5.75 Å². The Morgan fingerprint density at radius 1 is 1.35 bits per heavy atom. The van der Waals surface area contributed by atoms with Crippen LogP contribution in [-0.2, 0) is 6.61 Å². The normalized spacial score (nSPS) is 10.1. The number of hydrogen-bond acceptors (Lipinski definition) is 6. The van der Waals surface area contributed by atoms with Gasteiger partial charge in [-0.15, -0.1) is 0 Å². The van der Waals surface area contributed by atoms with Gasteiger partial charge in [0.15, 0.2) is 5.75 Å². The molecule has 104 valence electrons. The standard InChI is InChI=1S/C13H14N4O3/c1-9-3-4-11(17(18)19)12(5-9)20-8-10-6-16-13(14-2)7-15-10/h3-7H,8H2,1-2H3,(H,14,16). The monoisotopic (exact) mass is 274 g/mol. The molecule has 0 aliphatic carbocycles. The Labute approximate surface area is 115 Å². The van der Waals surface area contributed by atoms with Crippen LogP contribution in [0.15, 0.2) is 30.6 Å². The highest BCUT2D eigenvalue weighted by molar-refractivity contribution is 5.48. The van der Waals surface area contributed by atoms with E-state index < -0.39 is 4.92 Å². The van der Waals surface area contributed by atoms with Crippen LogP contribution in [0.2, 0.25) is 0 Å². The summed E-state index contributed by atoms with van der Waals surface area (Å²) in [5.41, 5.74) is 1.43. The molecule has 0 amide bonds. The average Bonchev–Trinajstić information content (AvgIpc) is 2.45. The number of hydrogen-bond donors (Lipinski definition) is 1. The molecule has 1 N–H and O–H groups in total. The summed E-state index contributed by atoms with van der Waals surface area (Å²) in [7, 11) is 1.75. The predicted molar refractivity (Wildman–Crippen MR) is 73.7 cm³/mol. The van der Waals surface area contributed by atoms with Gasteiger partial charge in [-0.1, -0.05) is 6.07 Å². The molecular weight excluding hydrogens is 260 g/mol. The summed E-state index contributed by atoms with van der Waals surface area (Å²) in [6, 6.07) is 4.74. The number of aryl methyl sites for hydroxylation is 1. The molecule has 0 unspecified atom stereocenters. The van der Waals surface area contributed by atoms with Crippen LogP contribution in [-0.4, -0.2) is 21.9 Å². The average molecular weight is 274 g/mol. The fraction of sp³-hybridized carbons (Fsp3) is 0.231. The molecule has 0 saturated heterocycles. The molecule has 20 heavy (non-hydrogen) atoms. The number of nitro benzene ring substituents is 1. The van der Waals surface area contributed by atoms with Crippen molar-refractivity contribution in [2.75, 3.05) is 12.4 Å². The molecule has 0 fully saturated rings. The lowest BCUT2D eigenvalue weighted by Gasteiger charge is -2.07. The van der Waals surface area contributed by atoms with Gasteiger partial charge in [0.05, 0.1) is 23.0 Å². The van der Waals surface area contributed by atoms with Crippen molar-refractivity contribution >= 4 is 11.5 Å². The van der Waals surface area contributed by atoms with Crippen LogP contribution in [0.25, 0.3) is 0 Å². The van der Waals surface area contributed by atoms with Gasteiger partial charge in [-0.25, -0.2) is 4.98 Å². The predicted octanol–water partition coefficient (Wildman–Crippen LogP) is 2.31. The second-order valence-electron chi connectivity index (χ2n) is 4.16. The number of aromatic nitrogens is 2. The molecule has 1 heterocycles. The minimum atomic E-state index is -0.468. The number of rotatable bonds is 5. The third-order valence-corrected chi connectivity index (χ3v) is 2.65. The molecule has 1 aromatic carbocycles. The Bertz CT molecular complexity index is 614. The van der Waals surface area contributed by atoms with Gasteiger partial charge in [0, 0.05) is 13.1 Å². The summed E-state index contributed by atoms with van der Waals surface area (Å²) in [6.45, 7) is 1.97. The molecule has 0 spiro atoms. The summed E-state index contributed by atoms with van der Waals surface area (Å²) in [4.78, 5) is 18.7. The third kappa shape index (κ3) is 3.19. The van der Waals surface area contributed by atoms with E-state index in [-0.39, 0.29) is 18.0 Å². The summed E-state index contributed by atoms with van der Waals surface area (Å²) in [5, 5.41) is 13.8. The first-order valence-electron chi connectivity index (χ1n) is 5.96. The first-order chi connectivity index (χ1) is 9.60. The van der Waals surface area contributed by atoms with Crippen molar-refractivity contribution in [3.8, 4) is 5.75 Å². The Hall–Kier alpha value is -2.70. The van der Waals surface area contributed by atoms with Crippen molar-refractivity contribution in [3.05, 3.63) is 52.0 Å². The third-order valence-electron chi connectivity index (χ3n) is 2.65. The van der Waals surface area contributed by atoms with E-state index in [1.54, 1.807) is 31.6 Å².